The van der Waals surface area contributed by atoms with Crippen molar-refractivity contribution in [2.45, 2.75) is 57.9 Å². The fraction of sp³-hybridized carbons (Fsp3) is 0.588. The summed E-state index contributed by atoms with van der Waals surface area (Å²) in [5.41, 5.74) is 4.30. The molecule has 102 valence electrons. The van der Waals surface area contributed by atoms with Crippen molar-refractivity contribution in [3.8, 4) is 0 Å². The van der Waals surface area contributed by atoms with Crippen molar-refractivity contribution in [2.24, 2.45) is 5.92 Å². The molecule has 2 heteroatoms. The van der Waals surface area contributed by atoms with Crippen LogP contribution >= 0.6 is 0 Å². The average molecular weight is 257 g/mol. The van der Waals surface area contributed by atoms with E-state index in [0.29, 0.717) is 5.92 Å². The SMILES string of the molecule is CC[C@@H](NC(=O)C1CC1)c1ccc2c(c1)CCCC2. The Morgan fingerprint density at radius 3 is 2.68 bits per heavy atom. The zero-order valence-corrected chi connectivity index (χ0v) is 11.7. The van der Waals surface area contributed by atoms with Gasteiger partial charge in [0, 0.05) is 5.92 Å². The molecule has 1 aromatic carbocycles. The Hall–Kier alpha value is -1.31. The van der Waals surface area contributed by atoms with E-state index >= 15 is 0 Å². The zero-order valence-electron chi connectivity index (χ0n) is 11.7. The first kappa shape index (κ1) is 12.7. The molecular formula is C17H23NO. The maximum absolute atomic E-state index is 11.9. The van der Waals surface area contributed by atoms with E-state index in [1.807, 2.05) is 0 Å². The molecule has 1 amide bonds. The molecule has 2 aliphatic carbocycles. The first-order chi connectivity index (χ1) is 9.28. The van der Waals surface area contributed by atoms with Crippen LogP contribution in [0.1, 0.15) is 61.8 Å². The van der Waals surface area contributed by atoms with Gasteiger partial charge in [0.05, 0.1) is 6.04 Å². The lowest BCUT2D eigenvalue weighted by Crippen LogP contribution is -2.29. The maximum Gasteiger partial charge on any atom is 0.223 e. The summed E-state index contributed by atoms with van der Waals surface area (Å²) >= 11 is 0. The topological polar surface area (TPSA) is 29.1 Å². The Bertz CT molecular complexity index is 476. The third-order valence-corrected chi connectivity index (χ3v) is 4.45. The van der Waals surface area contributed by atoms with Crippen LogP contribution < -0.4 is 5.32 Å². The summed E-state index contributed by atoms with van der Waals surface area (Å²) < 4.78 is 0. The number of carbonyl (C=O) groups excluding carboxylic acids is 1. The molecule has 1 fully saturated rings. The van der Waals surface area contributed by atoms with Crippen molar-refractivity contribution in [3.05, 3.63) is 34.9 Å². The van der Waals surface area contributed by atoms with Crippen LogP contribution in [0.15, 0.2) is 18.2 Å². The predicted molar refractivity (Wildman–Crippen MR) is 77.0 cm³/mol. The van der Waals surface area contributed by atoms with Gasteiger partial charge < -0.3 is 5.32 Å². The number of hydrogen-bond acceptors (Lipinski definition) is 1. The molecule has 1 atom stereocenters. The van der Waals surface area contributed by atoms with E-state index in [1.165, 1.54) is 42.4 Å². The van der Waals surface area contributed by atoms with Gasteiger partial charge in [-0.2, -0.15) is 0 Å². The molecule has 0 bridgehead atoms. The maximum atomic E-state index is 11.9. The summed E-state index contributed by atoms with van der Waals surface area (Å²) in [6.45, 7) is 2.15. The Morgan fingerprint density at radius 1 is 1.26 bits per heavy atom. The van der Waals surface area contributed by atoms with E-state index < -0.39 is 0 Å². The molecule has 1 saturated carbocycles. The van der Waals surface area contributed by atoms with E-state index in [4.69, 9.17) is 0 Å². The van der Waals surface area contributed by atoms with Gasteiger partial charge in [0.15, 0.2) is 0 Å². The third kappa shape index (κ3) is 2.83. The van der Waals surface area contributed by atoms with Crippen molar-refractivity contribution in [2.75, 3.05) is 0 Å². The first-order valence-electron chi connectivity index (χ1n) is 7.70. The molecule has 1 N–H and O–H groups in total. The van der Waals surface area contributed by atoms with E-state index in [0.717, 1.165) is 19.3 Å². The van der Waals surface area contributed by atoms with E-state index in [-0.39, 0.29) is 11.9 Å². The summed E-state index contributed by atoms with van der Waals surface area (Å²) in [5, 5.41) is 3.21. The number of nitrogens with one attached hydrogen (secondary N) is 1. The van der Waals surface area contributed by atoms with E-state index in [2.05, 4.69) is 30.4 Å². The Labute approximate surface area is 115 Å². The van der Waals surface area contributed by atoms with Gasteiger partial charge in [-0.25, -0.2) is 0 Å². The lowest BCUT2D eigenvalue weighted by molar-refractivity contribution is -0.123. The van der Waals surface area contributed by atoms with Crippen LogP contribution in [0.4, 0.5) is 0 Å². The first-order valence-corrected chi connectivity index (χ1v) is 7.70. The number of benzene rings is 1. The van der Waals surface area contributed by atoms with Crippen LogP contribution in [0, 0.1) is 5.92 Å². The Balaban J connectivity index is 1.76. The molecule has 2 nitrogen and oxygen atoms in total. The number of hydrogen-bond donors (Lipinski definition) is 1. The van der Waals surface area contributed by atoms with Gasteiger partial charge in [-0.3, -0.25) is 4.79 Å². The van der Waals surface area contributed by atoms with Gasteiger partial charge >= 0.3 is 0 Å². The monoisotopic (exact) mass is 257 g/mol. The highest BCUT2D eigenvalue weighted by molar-refractivity contribution is 5.81. The molecule has 0 heterocycles. The summed E-state index contributed by atoms with van der Waals surface area (Å²) in [7, 11) is 0. The Kier molecular flexibility index (Phi) is 3.58. The lowest BCUT2D eigenvalue weighted by Gasteiger charge is -2.21. The second kappa shape index (κ2) is 5.36. The molecule has 0 aromatic heterocycles. The molecule has 0 unspecified atom stereocenters. The number of amides is 1. The molecule has 19 heavy (non-hydrogen) atoms. The van der Waals surface area contributed by atoms with Gasteiger partial charge in [-0.15, -0.1) is 0 Å². The molecule has 0 radical (unpaired) electrons. The van der Waals surface area contributed by atoms with E-state index in [9.17, 15) is 4.79 Å². The lowest BCUT2D eigenvalue weighted by atomic mass is 9.89. The van der Waals surface area contributed by atoms with Crippen LogP contribution in [-0.4, -0.2) is 5.91 Å². The molecule has 0 spiro atoms. The third-order valence-electron chi connectivity index (χ3n) is 4.45. The van der Waals surface area contributed by atoms with Gasteiger partial charge in [0.2, 0.25) is 5.91 Å². The zero-order chi connectivity index (χ0) is 13.2. The van der Waals surface area contributed by atoms with Gasteiger partial charge in [0.25, 0.3) is 0 Å². The summed E-state index contributed by atoms with van der Waals surface area (Å²) in [4.78, 5) is 11.9. The summed E-state index contributed by atoms with van der Waals surface area (Å²) in [5.74, 6) is 0.552. The smallest absolute Gasteiger partial charge is 0.223 e. The van der Waals surface area contributed by atoms with Gasteiger partial charge in [-0.1, -0.05) is 25.1 Å². The minimum absolute atomic E-state index is 0.195. The highest BCUT2D eigenvalue weighted by atomic mass is 16.2. The number of rotatable bonds is 4. The van der Waals surface area contributed by atoms with Gasteiger partial charge in [0.1, 0.15) is 0 Å². The fourth-order valence-corrected chi connectivity index (χ4v) is 3.03. The molecule has 2 aliphatic rings. The van der Waals surface area contributed by atoms with Crippen molar-refractivity contribution >= 4 is 5.91 Å². The van der Waals surface area contributed by atoms with E-state index in [1.54, 1.807) is 0 Å². The molecule has 0 saturated heterocycles. The molecule has 1 aromatic rings. The molecule has 0 aliphatic heterocycles. The van der Waals surface area contributed by atoms with Crippen LogP contribution in [0.3, 0.4) is 0 Å². The highest BCUT2D eigenvalue weighted by Crippen LogP contribution is 2.31. The quantitative estimate of drug-likeness (QED) is 0.878. The van der Waals surface area contributed by atoms with Crippen LogP contribution in [-0.2, 0) is 17.6 Å². The summed E-state index contributed by atoms with van der Waals surface area (Å²) in [6.07, 6.45) is 8.18. The number of carbonyl (C=O) groups is 1. The minimum atomic E-state index is 0.195. The second-order valence-electron chi connectivity index (χ2n) is 5.98. The van der Waals surface area contributed by atoms with Crippen molar-refractivity contribution in [1.29, 1.82) is 0 Å². The van der Waals surface area contributed by atoms with Crippen LogP contribution in [0.25, 0.3) is 0 Å². The number of fused-ring (bicyclic) bond motifs is 1. The standard InChI is InChI=1S/C17H23NO/c1-2-16(18-17(19)13-8-9-13)15-10-7-12-5-3-4-6-14(12)11-15/h7,10-11,13,16H,2-6,8-9H2,1H3,(H,18,19)/t16-/m1/s1. The fourth-order valence-electron chi connectivity index (χ4n) is 3.03. The Morgan fingerprint density at radius 2 is 2.00 bits per heavy atom. The van der Waals surface area contributed by atoms with Crippen molar-refractivity contribution in [1.82, 2.24) is 5.32 Å². The van der Waals surface area contributed by atoms with Crippen molar-refractivity contribution in [3.63, 3.8) is 0 Å². The average Bonchev–Trinajstić information content (AvgIpc) is 3.28. The highest BCUT2D eigenvalue weighted by Gasteiger charge is 2.31. The van der Waals surface area contributed by atoms with Gasteiger partial charge in [-0.05, 0) is 61.6 Å². The molecular weight excluding hydrogens is 234 g/mol. The molecule has 3 rings (SSSR count). The number of aryl methyl sites for hydroxylation is 2. The second-order valence-corrected chi connectivity index (χ2v) is 5.98. The van der Waals surface area contributed by atoms with Crippen molar-refractivity contribution < 1.29 is 4.79 Å². The largest absolute Gasteiger partial charge is 0.349 e. The van der Waals surface area contributed by atoms with Crippen LogP contribution in [0.5, 0.6) is 0 Å². The minimum Gasteiger partial charge on any atom is -0.349 e. The van der Waals surface area contributed by atoms with Crippen LogP contribution in [0.2, 0.25) is 0 Å². The predicted octanol–water partition coefficient (Wildman–Crippen LogP) is 3.54. The normalized spacial score (nSPS) is 19.6. The summed E-state index contributed by atoms with van der Waals surface area (Å²) in [6, 6.07) is 7.01.